The molecule has 4 nitrogen and oxygen atoms in total. The van der Waals surface area contributed by atoms with Crippen LogP contribution < -0.4 is 5.84 Å². The first-order chi connectivity index (χ1) is 5.34. The lowest BCUT2D eigenvalue weighted by Gasteiger charge is -1.93. The highest BCUT2D eigenvalue weighted by atomic mass is 15.3. The van der Waals surface area contributed by atoms with Crippen molar-refractivity contribution in [2.75, 3.05) is 0 Å². The molecule has 0 aromatic heterocycles. The number of benzene rings is 1. The van der Waals surface area contributed by atoms with Crippen molar-refractivity contribution < 1.29 is 0 Å². The van der Waals surface area contributed by atoms with E-state index >= 15 is 0 Å². The first-order valence-corrected chi connectivity index (χ1v) is 3.09. The summed E-state index contributed by atoms with van der Waals surface area (Å²) in [5, 5.41) is 13.7. The van der Waals surface area contributed by atoms with E-state index in [1.807, 2.05) is 18.2 Å². The predicted octanol–water partition coefficient (Wildman–Crippen LogP) is 1.97. The van der Waals surface area contributed by atoms with Crippen LogP contribution >= 0.6 is 0 Å². The molecule has 3 N–H and O–H groups in total. The minimum absolute atomic E-state index is 0. The molecule has 0 unspecified atom stereocenters. The highest BCUT2D eigenvalue weighted by molar-refractivity contribution is 5.96. The topological polar surface area (TPSA) is 74.6 Å². The fourth-order valence-corrected chi connectivity index (χ4v) is 0.711. The predicted molar refractivity (Wildman–Crippen MR) is 49.0 cm³/mol. The fraction of sp³-hybridized carbons (Fsp3) is 0.125. The molecule has 64 valence electrons. The van der Waals surface area contributed by atoms with E-state index in [-0.39, 0.29) is 13.3 Å². The van der Waals surface area contributed by atoms with Crippen LogP contribution in [0.4, 0.5) is 0 Å². The van der Waals surface area contributed by atoms with Crippen LogP contribution in [-0.2, 0) is 0 Å². The lowest BCUT2D eigenvalue weighted by molar-refractivity contribution is 1.07. The van der Waals surface area contributed by atoms with Gasteiger partial charge in [0.25, 0.3) is 0 Å². The number of hydrogen-bond acceptors (Lipinski definition) is 2. The summed E-state index contributed by atoms with van der Waals surface area (Å²) in [5.41, 5.74) is 0.710. The number of rotatable bonds is 1. The Morgan fingerprint density at radius 2 is 1.83 bits per heavy atom. The maximum absolute atomic E-state index is 7.29. The van der Waals surface area contributed by atoms with Crippen molar-refractivity contribution >= 4 is 5.84 Å². The minimum Gasteiger partial charge on any atom is -0.305 e. The Morgan fingerprint density at radius 3 is 2.33 bits per heavy atom. The molecule has 0 radical (unpaired) electrons. The molecule has 0 amide bonds. The van der Waals surface area contributed by atoms with Gasteiger partial charge in [0.2, 0.25) is 0 Å². The second kappa shape index (κ2) is 5.01. The molecule has 0 bridgehead atoms. The molecule has 0 heterocycles. The van der Waals surface area contributed by atoms with Crippen LogP contribution in [0.5, 0.6) is 0 Å². The molecule has 0 fully saturated rings. The molecule has 0 saturated carbocycles. The van der Waals surface area contributed by atoms with Crippen LogP contribution in [0, 0.1) is 5.41 Å². The molecule has 0 aliphatic rings. The van der Waals surface area contributed by atoms with Gasteiger partial charge in [0.05, 0.1) is 0 Å². The van der Waals surface area contributed by atoms with Gasteiger partial charge in [-0.1, -0.05) is 43.0 Å². The van der Waals surface area contributed by atoms with Gasteiger partial charge in [-0.25, -0.2) is 0 Å². The molecular formula is C8H12N4. The van der Waals surface area contributed by atoms with E-state index in [2.05, 4.69) is 10.3 Å². The maximum Gasteiger partial charge on any atom is 0.176 e. The average molecular weight is 164 g/mol. The summed E-state index contributed by atoms with van der Waals surface area (Å²) in [6.45, 7) is 0. The normalized spacial score (nSPS) is 9.33. The summed E-state index contributed by atoms with van der Waals surface area (Å²) >= 11 is 0. The van der Waals surface area contributed by atoms with Gasteiger partial charge in [-0.05, 0) is 0 Å². The molecule has 0 atom stereocenters. The summed E-state index contributed by atoms with van der Waals surface area (Å²) in [5.74, 6) is 4.86. The van der Waals surface area contributed by atoms with Gasteiger partial charge in [-0.15, -0.1) is 5.11 Å². The zero-order chi connectivity index (χ0) is 8.10. The Balaban J connectivity index is 0.00000121. The summed E-state index contributed by atoms with van der Waals surface area (Å²) in [7, 11) is 0. The SMILES string of the molecule is C.N=C(N=NN)c1ccccc1. The number of hydrogen-bond donors (Lipinski definition) is 2. The van der Waals surface area contributed by atoms with Crippen molar-refractivity contribution in [1.82, 2.24) is 0 Å². The number of nitrogens with one attached hydrogen (secondary N) is 1. The Labute approximate surface area is 71.6 Å². The maximum atomic E-state index is 7.29. The van der Waals surface area contributed by atoms with Crippen LogP contribution in [0.15, 0.2) is 40.7 Å². The van der Waals surface area contributed by atoms with E-state index in [0.717, 1.165) is 0 Å². The van der Waals surface area contributed by atoms with Crippen molar-refractivity contribution in [3.05, 3.63) is 35.9 Å². The van der Waals surface area contributed by atoms with E-state index in [1.54, 1.807) is 12.1 Å². The quantitative estimate of drug-likeness (QED) is 0.215. The highest BCUT2D eigenvalue weighted by Gasteiger charge is 1.95. The van der Waals surface area contributed by atoms with Gasteiger partial charge in [0.15, 0.2) is 5.84 Å². The van der Waals surface area contributed by atoms with Crippen LogP contribution in [0.25, 0.3) is 0 Å². The third-order valence-corrected chi connectivity index (χ3v) is 1.20. The Morgan fingerprint density at radius 1 is 1.25 bits per heavy atom. The minimum atomic E-state index is 0. The van der Waals surface area contributed by atoms with Gasteiger partial charge in [-0.2, -0.15) is 0 Å². The second-order valence-electron chi connectivity index (χ2n) is 1.93. The van der Waals surface area contributed by atoms with Gasteiger partial charge >= 0.3 is 0 Å². The van der Waals surface area contributed by atoms with Crippen LogP contribution in [0.1, 0.15) is 13.0 Å². The summed E-state index contributed by atoms with van der Waals surface area (Å²) in [6.07, 6.45) is 0. The average Bonchev–Trinajstić information content (AvgIpc) is 2.07. The summed E-state index contributed by atoms with van der Waals surface area (Å²) in [6, 6.07) is 9.08. The van der Waals surface area contributed by atoms with Crippen LogP contribution in [0.2, 0.25) is 0 Å². The number of amidine groups is 1. The summed E-state index contributed by atoms with van der Waals surface area (Å²) in [4.78, 5) is 0. The molecule has 1 rings (SSSR count). The molecule has 1 aromatic rings. The smallest absolute Gasteiger partial charge is 0.176 e. The van der Waals surface area contributed by atoms with Crippen molar-refractivity contribution in [1.29, 1.82) is 5.41 Å². The Bertz CT molecular complexity index is 266. The monoisotopic (exact) mass is 164 g/mol. The zero-order valence-corrected chi connectivity index (χ0v) is 5.86. The van der Waals surface area contributed by atoms with Gasteiger partial charge in [0, 0.05) is 5.56 Å². The molecule has 0 saturated heterocycles. The van der Waals surface area contributed by atoms with Gasteiger partial charge in [-0.3, -0.25) is 5.41 Å². The van der Waals surface area contributed by atoms with Crippen molar-refractivity contribution in [3.63, 3.8) is 0 Å². The molecular weight excluding hydrogens is 152 g/mol. The third kappa shape index (κ3) is 2.49. The highest BCUT2D eigenvalue weighted by Crippen LogP contribution is 1.99. The first kappa shape index (κ1) is 10.3. The van der Waals surface area contributed by atoms with Crippen molar-refractivity contribution in [2.24, 2.45) is 16.2 Å². The zero-order valence-electron chi connectivity index (χ0n) is 5.86. The fourth-order valence-electron chi connectivity index (χ4n) is 0.711. The Hall–Kier alpha value is -1.71. The van der Waals surface area contributed by atoms with Crippen molar-refractivity contribution in [2.45, 2.75) is 7.43 Å². The summed E-state index contributed by atoms with van der Waals surface area (Å²) < 4.78 is 0. The lowest BCUT2D eigenvalue weighted by Crippen LogP contribution is -1.93. The van der Waals surface area contributed by atoms with Gasteiger partial charge in [0.1, 0.15) is 0 Å². The largest absolute Gasteiger partial charge is 0.305 e. The van der Waals surface area contributed by atoms with E-state index in [0.29, 0.717) is 5.56 Å². The molecule has 0 aliphatic heterocycles. The molecule has 1 aromatic carbocycles. The number of nitrogens with zero attached hydrogens (tertiary/aromatic N) is 2. The van der Waals surface area contributed by atoms with Gasteiger partial charge < -0.3 is 5.84 Å². The number of nitrogens with two attached hydrogens (primary N) is 1. The molecule has 0 aliphatic carbocycles. The molecule has 4 heteroatoms. The van der Waals surface area contributed by atoms with E-state index < -0.39 is 0 Å². The Kier molecular flexibility index (Phi) is 4.30. The molecule has 12 heavy (non-hydrogen) atoms. The standard InChI is InChI=1S/C7H8N4.CH4/c8-7(10-11-9)6-4-2-1-3-5-6;/h1-5H,(H3,8,9,10);1H4. The van der Waals surface area contributed by atoms with E-state index in [1.165, 1.54) is 0 Å². The van der Waals surface area contributed by atoms with Crippen LogP contribution in [-0.4, -0.2) is 5.84 Å². The van der Waals surface area contributed by atoms with E-state index in [4.69, 9.17) is 11.3 Å². The third-order valence-electron chi connectivity index (χ3n) is 1.20. The lowest BCUT2D eigenvalue weighted by atomic mass is 10.2. The second-order valence-corrected chi connectivity index (χ2v) is 1.93. The first-order valence-electron chi connectivity index (χ1n) is 3.09. The van der Waals surface area contributed by atoms with Crippen molar-refractivity contribution in [3.8, 4) is 0 Å². The molecule has 0 spiro atoms. The van der Waals surface area contributed by atoms with Crippen LogP contribution in [0.3, 0.4) is 0 Å². The van der Waals surface area contributed by atoms with E-state index in [9.17, 15) is 0 Å².